The predicted molar refractivity (Wildman–Crippen MR) is 130 cm³/mol. The van der Waals surface area contributed by atoms with Gasteiger partial charge in [-0.25, -0.2) is 9.97 Å². The second-order valence-corrected chi connectivity index (χ2v) is 9.01. The normalized spacial score (nSPS) is 16.5. The number of pyridine rings is 1. The van der Waals surface area contributed by atoms with E-state index < -0.39 is 0 Å². The standard InChI is InChI=1S/C27H25N5O2/c28-27(11-4-12-27)20-9-7-19(8-10-20)25-22(18-5-2-1-3-6-18)13-23-26(31-25)34-16-24(33)32(23)15-21-14-29-17-30-21/h1-3,5-10,13-14,17H,4,11-12,15-16,28H2,(H,29,30). The first-order valence-electron chi connectivity index (χ1n) is 11.5. The van der Waals surface area contributed by atoms with Crippen LogP contribution in [0.3, 0.4) is 0 Å². The number of carbonyl (C=O) groups is 1. The molecular formula is C27H25N5O2. The lowest BCUT2D eigenvalue weighted by Crippen LogP contribution is -2.43. The summed E-state index contributed by atoms with van der Waals surface area (Å²) in [5, 5.41) is 0. The Labute approximate surface area is 197 Å². The van der Waals surface area contributed by atoms with Crippen LogP contribution >= 0.6 is 0 Å². The summed E-state index contributed by atoms with van der Waals surface area (Å²) in [6.45, 7) is 0.324. The SMILES string of the molecule is NC1(c2ccc(-c3nc4c(cc3-c3ccccc3)N(Cc3cnc[nH]3)C(=O)CO4)cc2)CCC1. The van der Waals surface area contributed by atoms with Gasteiger partial charge in [0.2, 0.25) is 5.88 Å². The highest BCUT2D eigenvalue weighted by Crippen LogP contribution is 2.42. The molecular weight excluding hydrogens is 426 g/mol. The number of hydrogen-bond donors (Lipinski definition) is 2. The van der Waals surface area contributed by atoms with E-state index in [2.05, 4.69) is 46.4 Å². The van der Waals surface area contributed by atoms with Crippen molar-refractivity contribution in [1.82, 2.24) is 15.0 Å². The summed E-state index contributed by atoms with van der Waals surface area (Å²) in [6.07, 6.45) is 6.54. The van der Waals surface area contributed by atoms with Crippen LogP contribution in [0.4, 0.5) is 5.69 Å². The molecule has 2 aliphatic rings. The minimum absolute atomic E-state index is 0.0487. The number of nitrogens with zero attached hydrogens (tertiary/aromatic N) is 3. The van der Waals surface area contributed by atoms with Crippen molar-refractivity contribution in [2.45, 2.75) is 31.3 Å². The number of H-pyrrole nitrogens is 1. The number of benzene rings is 2. The van der Waals surface area contributed by atoms with Crippen molar-refractivity contribution in [2.24, 2.45) is 5.73 Å². The van der Waals surface area contributed by atoms with Gasteiger partial charge in [0.15, 0.2) is 6.61 Å². The molecule has 3 heterocycles. The van der Waals surface area contributed by atoms with Crippen molar-refractivity contribution in [1.29, 1.82) is 0 Å². The Morgan fingerprint density at radius 3 is 2.53 bits per heavy atom. The molecule has 1 amide bonds. The zero-order valence-corrected chi connectivity index (χ0v) is 18.7. The molecule has 1 fully saturated rings. The van der Waals surface area contributed by atoms with Gasteiger partial charge in [0.1, 0.15) is 5.69 Å². The zero-order chi connectivity index (χ0) is 23.1. The Balaban J connectivity index is 1.46. The number of hydrogen-bond acceptors (Lipinski definition) is 5. The first-order valence-corrected chi connectivity index (χ1v) is 11.5. The van der Waals surface area contributed by atoms with Gasteiger partial charge in [0.25, 0.3) is 5.91 Å². The van der Waals surface area contributed by atoms with E-state index in [1.807, 2.05) is 24.3 Å². The molecule has 0 bridgehead atoms. The lowest BCUT2D eigenvalue weighted by atomic mass is 9.72. The van der Waals surface area contributed by atoms with E-state index >= 15 is 0 Å². The molecule has 34 heavy (non-hydrogen) atoms. The quantitative estimate of drug-likeness (QED) is 0.469. The Morgan fingerprint density at radius 1 is 1.06 bits per heavy atom. The summed E-state index contributed by atoms with van der Waals surface area (Å²) in [6, 6.07) is 20.5. The first kappa shape index (κ1) is 20.6. The zero-order valence-electron chi connectivity index (χ0n) is 18.7. The van der Waals surface area contributed by atoms with Crippen molar-refractivity contribution in [3.63, 3.8) is 0 Å². The van der Waals surface area contributed by atoms with Gasteiger partial charge in [-0.2, -0.15) is 0 Å². The van der Waals surface area contributed by atoms with E-state index in [4.69, 9.17) is 15.5 Å². The number of carbonyl (C=O) groups excluding carboxylic acids is 1. The minimum Gasteiger partial charge on any atom is -0.466 e. The number of ether oxygens (including phenoxy) is 1. The number of nitrogens with two attached hydrogens (primary N) is 1. The predicted octanol–water partition coefficient (Wildman–Crippen LogP) is 4.40. The van der Waals surface area contributed by atoms with E-state index in [1.165, 1.54) is 6.42 Å². The Kier molecular flexibility index (Phi) is 4.92. The highest BCUT2D eigenvalue weighted by atomic mass is 16.5. The van der Waals surface area contributed by atoms with Crippen LogP contribution in [0.2, 0.25) is 0 Å². The molecule has 0 radical (unpaired) electrons. The molecule has 170 valence electrons. The smallest absolute Gasteiger partial charge is 0.265 e. The molecule has 1 aliphatic heterocycles. The largest absolute Gasteiger partial charge is 0.466 e. The fourth-order valence-electron chi connectivity index (χ4n) is 4.71. The molecule has 3 N–H and O–H groups in total. The Bertz CT molecular complexity index is 1330. The molecule has 4 aromatic rings. The molecule has 1 saturated carbocycles. The third-order valence-electron chi connectivity index (χ3n) is 6.84. The third-order valence-corrected chi connectivity index (χ3v) is 6.84. The van der Waals surface area contributed by atoms with Gasteiger partial charge in [-0.3, -0.25) is 9.69 Å². The highest BCUT2D eigenvalue weighted by molar-refractivity contribution is 5.99. The van der Waals surface area contributed by atoms with Crippen LogP contribution < -0.4 is 15.4 Å². The molecule has 7 heteroatoms. The maximum Gasteiger partial charge on any atom is 0.265 e. The number of rotatable bonds is 5. The van der Waals surface area contributed by atoms with Crippen molar-refractivity contribution in [2.75, 3.05) is 11.5 Å². The fraction of sp³-hybridized carbons (Fsp3) is 0.222. The van der Waals surface area contributed by atoms with Gasteiger partial charge >= 0.3 is 0 Å². The van der Waals surface area contributed by atoms with Crippen LogP contribution in [-0.2, 0) is 16.9 Å². The van der Waals surface area contributed by atoms with Crippen molar-refractivity contribution in [3.05, 3.63) is 84.4 Å². The summed E-state index contributed by atoms with van der Waals surface area (Å²) < 4.78 is 5.79. The number of aromatic amines is 1. The lowest BCUT2D eigenvalue weighted by Gasteiger charge is -2.38. The summed E-state index contributed by atoms with van der Waals surface area (Å²) in [7, 11) is 0. The molecule has 2 aromatic heterocycles. The molecule has 0 saturated heterocycles. The second kappa shape index (κ2) is 8.11. The number of aromatic nitrogens is 3. The van der Waals surface area contributed by atoms with Crippen molar-refractivity contribution >= 4 is 11.6 Å². The monoisotopic (exact) mass is 451 g/mol. The average Bonchev–Trinajstić information content (AvgIpc) is 3.38. The van der Waals surface area contributed by atoms with Gasteiger partial charge in [-0.05, 0) is 36.5 Å². The van der Waals surface area contributed by atoms with Crippen molar-refractivity contribution < 1.29 is 9.53 Å². The molecule has 0 unspecified atom stereocenters. The fourth-order valence-corrected chi connectivity index (χ4v) is 4.71. The minimum atomic E-state index is -0.208. The van der Waals surface area contributed by atoms with Crippen LogP contribution in [0.1, 0.15) is 30.5 Å². The van der Waals surface area contributed by atoms with Crippen LogP contribution in [0, 0.1) is 0 Å². The first-order chi connectivity index (χ1) is 16.6. The number of amides is 1. The van der Waals surface area contributed by atoms with Gasteiger partial charge in [0.05, 0.1) is 24.3 Å². The molecule has 7 nitrogen and oxygen atoms in total. The summed E-state index contributed by atoms with van der Waals surface area (Å²) in [5.41, 5.74) is 12.7. The summed E-state index contributed by atoms with van der Waals surface area (Å²) >= 11 is 0. The molecule has 1 aliphatic carbocycles. The van der Waals surface area contributed by atoms with E-state index in [0.717, 1.165) is 46.5 Å². The third kappa shape index (κ3) is 3.54. The maximum atomic E-state index is 12.8. The molecule has 2 aromatic carbocycles. The number of fused-ring (bicyclic) bond motifs is 1. The Hall–Kier alpha value is -3.97. The van der Waals surface area contributed by atoms with Gasteiger partial charge in [-0.15, -0.1) is 0 Å². The van der Waals surface area contributed by atoms with Crippen LogP contribution in [-0.4, -0.2) is 27.5 Å². The van der Waals surface area contributed by atoms with E-state index in [0.29, 0.717) is 18.1 Å². The highest BCUT2D eigenvalue weighted by Gasteiger charge is 2.34. The topological polar surface area (TPSA) is 97.1 Å². The summed E-state index contributed by atoms with van der Waals surface area (Å²) in [4.78, 5) is 26.5. The average molecular weight is 452 g/mol. The molecule has 0 atom stereocenters. The lowest BCUT2D eigenvalue weighted by molar-refractivity contribution is -0.121. The van der Waals surface area contributed by atoms with Crippen LogP contribution in [0.15, 0.2) is 73.2 Å². The van der Waals surface area contributed by atoms with E-state index in [9.17, 15) is 4.79 Å². The number of anilines is 1. The maximum absolute atomic E-state index is 12.8. The van der Waals surface area contributed by atoms with Gasteiger partial charge in [0, 0.05) is 22.9 Å². The van der Waals surface area contributed by atoms with Crippen LogP contribution in [0.5, 0.6) is 5.88 Å². The molecule has 6 rings (SSSR count). The van der Waals surface area contributed by atoms with Gasteiger partial charge < -0.3 is 15.5 Å². The molecule has 0 spiro atoms. The van der Waals surface area contributed by atoms with Gasteiger partial charge in [-0.1, -0.05) is 54.6 Å². The second-order valence-electron chi connectivity index (χ2n) is 9.01. The number of nitrogens with one attached hydrogen (secondary N) is 1. The summed E-state index contributed by atoms with van der Waals surface area (Å²) in [5.74, 6) is 0.334. The van der Waals surface area contributed by atoms with Crippen molar-refractivity contribution in [3.8, 4) is 28.3 Å². The van der Waals surface area contributed by atoms with E-state index in [-0.39, 0.29) is 18.1 Å². The van der Waals surface area contributed by atoms with E-state index in [1.54, 1.807) is 17.4 Å². The van der Waals surface area contributed by atoms with Crippen LogP contribution in [0.25, 0.3) is 22.4 Å². The number of imidazole rings is 1. The Morgan fingerprint density at radius 2 is 1.85 bits per heavy atom.